The summed E-state index contributed by atoms with van der Waals surface area (Å²) in [6.07, 6.45) is 0.885. The molecule has 98 valence electrons. The first-order valence-electron chi connectivity index (χ1n) is 6.31. The number of hydrogen-bond donors (Lipinski definition) is 1. The second-order valence-electron chi connectivity index (χ2n) is 4.62. The summed E-state index contributed by atoms with van der Waals surface area (Å²) in [6.45, 7) is 4.20. The predicted molar refractivity (Wildman–Crippen MR) is 70.7 cm³/mol. The maximum absolute atomic E-state index is 11.6. The van der Waals surface area contributed by atoms with E-state index in [4.69, 9.17) is 4.74 Å². The Balaban J connectivity index is 2.03. The Hall–Kier alpha value is -1.55. The number of nitrogens with zero attached hydrogens (tertiary/aromatic N) is 1. The number of rotatable bonds is 3. The summed E-state index contributed by atoms with van der Waals surface area (Å²) in [5.74, 6) is 1.03. The SMILES string of the molecule is COc1ccc(CC2CNCCN2C(C)=O)cc1. The standard InChI is InChI=1S/C14H20N2O2/c1-11(17)16-8-7-15-10-13(16)9-12-3-5-14(18-2)6-4-12/h3-6,13,15H,7-10H2,1-2H3. The van der Waals surface area contributed by atoms with Crippen molar-refractivity contribution < 1.29 is 9.53 Å². The number of carbonyl (C=O) groups excluding carboxylic acids is 1. The second-order valence-corrected chi connectivity index (χ2v) is 4.62. The summed E-state index contributed by atoms with van der Waals surface area (Å²) >= 11 is 0. The van der Waals surface area contributed by atoms with Gasteiger partial charge < -0.3 is 15.0 Å². The first-order valence-corrected chi connectivity index (χ1v) is 6.31. The third-order valence-corrected chi connectivity index (χ3v) is 3.39. The molecular formula is C14H20N2O2. The van der Waals surface area contributed by atoms with Crippen molar-refractivity contribution in [1.82, 2.24) is 10.2 Å². The van der Waals surface area contributed by atoms with Gasteiger partial charge in [0.15, 0.2) is 0 Å². The van der Waals surface area contributed by atoms with Crippen molar-refractivity contribution in [2.75, 3.05) is 26.7 Å². The molecule has 0 aliphatic carbocycles. The molecule has 1 aliphatic rings. The van der Waals surface area contributed by atoms with Crippen LogP contribution in [0.1, 0.15) is 12.5 Å². The van der Waals surface area contributed by atoms with Crippen LogP contribution >= 0.6 is 0 Å². The molecule has 1 aliphatic heterocycles. The van der Waals surface area contributed by atoms with Gasteiger partial charge in [0.1, 0.15) is 5.75 Å². The molecule has 0 saturated carbocycles. The largest absolute Gasteiger partial charge is 0.497 e. The zero-order valence-electron chi connectivity index (χ0n) is 11.0. The molecule has 1 N–H and O–H groups in total. The van der Waals surface area contributed by atoms with Crippen LogP contribution in [-0.4, -0.2) is 43.6 Å². The Morgan fingerprint density at radius 1 is 1.44 bits per heavy atom. The maximum Gasteiger partial charge on any atom is 0.219 e. The maximum atomic E-state index is 11.6. The highest BCUT2D eigenvalue weighted by atomic mass is 16.5. The number of benzene rings is 1. The minimum Gasteiger partial charge on any atom is -0.497 e. The van der Waals surface area contributed by atoms with E-state index in [0.29, 0.717) is 0 Å². The quantitative estimate of drug-likeness (QED) is 0.869. The van der Waals surface area contributed by atoms with Crippen LogP contribution in [-0.2, 0) is 11.2 Å². The van der Waals surface area contributed by atoms with Crippen LogP contribution in [0.5, 0.6) is 5.75 Å². The van der Waals surface area contributed by atoms with E-state index in [2.05, 4.69) is 17.4 Å². The van der Waals surface area contributed by atoms with Crippen molar-refractivity contribution in [3.05, 3.63) is 29.8 Å². The number of carbonyl (C=O) groups is 1. The van der Waals surface area contributed by atoms with Crippen molar-refractivity contribution in [1.29, 1.82) is 0 Å². The molecule has 0 aromatic heterocycles. The molecule has 4 nitrogen and oxygen atoms in total. The van der Waals surface area contributed by atoms with Crippen molar-refractivity contribution >= 4 is 5.91 Å². The van der Waals surface area contributed by atoms with Gasteiger partial charge in [-0.3, -0.25) is 4.79 Å². The molecule has 1 saturated heterocycles. The van der Waals surface area contributed by atoms with Crippen LogP contribution in [0.3, 0.4) is 0 Å². The van der Waals surface area contributed by atoms with Gasteiger partial charge in [-0.25, -0.2) is 0 Å². The highest BCUT2D eigenvalue weighted by Crippen LogP contribution is 2.15. The molecule has 0 bridgehead atoms. The Morgan fingerprint density at radius 2 is 2.17 bits per heavy atom. The van der Waals surface area contributed by atoms with Gasteiger partial charge in [0, 0.05) is 32.6 Å². The zero-order valence-corrected chi connectivity index (χ0v) is 11.0. The molecule has 1 atom stereocenters. The molecule has 1 unspecified atom stereocenters. The third kappa shape index (κ3) is 3.01. The van der Waals surface area contributed by atoms with Gasteiger partial charge in [-0.2, -0.15) is 0 Å². The smallest absolute Gasteiger partial charge is 0.219 e. The fraction of sp³-hybridized carbons (Fsp3) is 0.500. The Kier molecular flexibility index (Phi) is 4.20. The van der Waals surface area contributed by atoms with Gasteiger partial charge in [-0.15, -0.1) is 0 Å². The summed E-state index contributed by atoms with van der Waals surface area (Å²) in [5, 5.41) is 3.34. The second kappa shape index (κ2) is 5.87. The fourth-order valence-corrected chi connectivity index (χ4v) is 2.39. The summed E-state index contributed by atoms with van der Waals surface area (Å²) < 4.78 is 5.14. The number of piperazine rings is 1. The zero-order chi connectivity index (χ0) is 13.0. The molecule has 0 spiro atoms. The molecule has 0 radical (unpaired) electrons. The van der Waals surface area contributed by atoms with E-state index in [1.54, 1.807) is 14.0 Å². The summed E-state index contributed by atoms with van der Waals surface area (Å²) in [7, 11) is 1.66. The molecule has 1 aromatic carbocycles. The molecule has 1 heterocycles. The van der Waals surface area contributed by atoms with Crippen molar-refractivity contribution in [2.24, 2.45) is 0 Å². The molecule has 18 heavy (non-hydrogen) atoms. The van der Waals surface area contributed by atoms with Crippen LogP contribution < -0.4 is 10.1 Å². The lowest BCUT2D eigenvalue weighted by molar-refractivity contribution is -0.131. The predicted octanol–water partition coefficient (Wildman–Crippen LogP) is 1.06. The topological polar surface area (TPSA) is 41.6 Å². The third-order valence-electron chi connectivity index (χ3n) is 3.39. The molecule has 4 heteroatoms. The number of hydrogen-bond acceptors (Lipinski definition) is 3. The van der Waals surface area contributed by atoms with Crippen molar-refractivity contribution in [3.8, 4) is 5.75 Å². The Bertz CT molecular complexity index is 403. The van der Waals surface area contributed by atoms with Gasteiger partial charge >= 0.3 is 0 Å². The molecule has 1 aromatic rings. The summed E-state index contributed by atoms with van der Waals surface area (Å²) in [6, 6.07) is 8.30. The monoisotopic (exact) mass is 248 g/mol. The lowest BCUT2D eigenvalue weighted by Crippen LogP contribution is -2.53. The van der Waals surface area contributed by atoms with Gasteiger partial charge in [-0.1, -0.05) is 12.1 Å². The number of methoxy groups -OCH3 is 1. The van der Waals surface area contributed by atoms with E-state index in [9.17, 15) is 4.79 Å². The van der Waals surface area contributed by atoms with E-state index in [1.807, 2.05) is 17.0 Å². The lowest BCUT2D eigenvalue weighted by atomic mass is 10.0. The highest BCUT2D eigenvalue weighted by Gasteiger charge is 2.24. The van der Waals surface area contributed by atoms with Crippen molar-refractivity contribution in [3.63, 3.8) is 0 Å². The number of nitrogens with one attached hydrogen (secondary N) is 1. The average Bonchev–Trinajstić information content (AvgIpc) is 2.40. The van der Waals surface area contributed by atoms with Crippen molar-refractivity contribution in [2.45, 2.75) is 19.4 Å². The minimum atomic E-state index is 0.162. The van der Waals surface area contributed by atoms with Gasteiger partial charge in [-0.05, 0) is 24.1 Å². The van der Waals surface area contributed by atoms with E-state index >= 15 is 0 Å². The highest BCUT2D eigenvalue weighted by molar-refractivity contribution is 5.73. The molecular weight excluding hydrogens is 228 g/mol. The van der Waals surface area contributed by atoms with Gasteiger partial charge in [0.05, 0.1) is 7.11 Å². The van der Waals surface area contributed by atoms with Crippen LogP contribution in [0, 0.1) is 0 Å². The van der Waals surface area contributed by atoms with Crippen LogP contribution in [0.25, 0.3) is 0 Å². The lowest BCUT2D eigenvalue weighted by Gasteiger charge is -2.35. The Labute approximate surface area is 108 Å². The molecule has 1 amide bonds. The summed E-state index contributed by atoms with van der Waals surface area (Å²) in [4.78, 5) is 13.5. The average molecular weight is 248 g/mol. The van der Waals surface area contributed by atoms with Crippen LogP contribution in [0.15, 0.2) is 24.3 Å². The Morgan fingerprint density at radius 3 is 2.78 bits per heavy atom. The minimum absolute atomic E-state index is 0.162. The van der Waals surface area contributed by atoms with E-state index < -0.39 is 0 Å². The first-order chi connectivity index (χ1) is 8.70. The first kappa shape index (κ1) is 12.9. The molecule has 2 rings (SSSR count). The normalized spacial score (nSPS) is 19.7. The van der Waals surface area contributed by atoms with E-state index in [-0.39, 0.29) is 11.9 Å². The molecule has 1 fully saturated rings. The summed E-state index contributed by atoms with van der Waals surface area (Å²) in [5.41, 5.74) is 1.23. The fourth-order valence-electron chi connectivity index (χ4n) is 2.39. The van der Waals surface area contributed by atoms with Crippen LogP contribution in [0.2, 0.25) is 0 Å². The number of ether oxygens (including phenoxy) is 1. The van der Waals surface area contributed by atoms with Gasteiger partial charge in [0.25, 0.3) is 0 Å². The van der Waals surface area contributed by atoms with Gasteiger partial charge in [0.2, 0.25) is 5.91 Å². The van der Waals surface area contributed by atoms with Crippen LogP contribution in [0.4, 0.5) is 0 Å². The van der Waals surface area contributed by atoms with E-state index in [1.165, 1.54) is 5.56 Å². The number of amides is 1. The van der Waals surface area contributed by atoms with E-state index in [0.717, 1.165) is 31.8 Å².